The molecule has 14 heavy (non-hydrogen) atoms. The van der Waals surface area contributed by atoms with Gasteiger partial charge in [-0.25, -0.2) is 0 Å². The molecule has 0 atom stereocenters. The standard InChI is InChI=1S/C12H13NO/c14-12-8-4-5-10(12)9-13-11-6-2-1-3-7-11/h1-3,6-7,9,13H,4-5,8H2. The van der Waals surface area contributed by atoms with E-state index in [1.807, 2.05) is 36.5 Å². The Bertz CT molecular complexity index is 354. The highest BCUT2D eigenvalue weighted by Gasteiger charge is 2.16. The fourth-order valence-corrected chi connectivity index (χ4v) is 1.60. The summed E-state index contributed by atoms with van der Waals surface area (Å²) in [4.78, 5) is 11.3. The Morgan fingerprint density at radius 1 is 1.14 bits per heavy atom. The first kappa shape index (κ1) is 9.00. The summed E-state index contributed by atoms with van der Waals surface area (Å²) in [5.41, 5.74) is 1.95. The molecule has 0 aromatic heterocycles. The maximum atomic E-state index is 11.3. The van der Waals surface area contributed by atoms with E-state index >= 15 is 0 Å². The molecule has 0 spiro atoms. The number of anilines is 1. The van der Waals surface area contributed by atoms with Crippen LogP contribution in [0.4, 0.5) is 5.69 Å². The molecule has 0 radical (unpaired) electrons. The summed E-state index contributed by atoms with van der Waals surface area (Å²) in [6.45, 7) is 0. The van der Waals surface area contributed by atoms with Crippen molar-refractivity contribution in [3.8, 4) is 0 Å². The van der Waals surface area contributed by atoms with Crippen molar-refractivity contribution in [2.24, 2.45) is 0 Å². The smallest absolute Gasteiger partial charge is 0.160 e. The van der Waals surface area contributed by atoms with Crippen LogP contribution in [0.15, 0.2) is 42.1 Å². The molecule has 1 aliphatic carbocycles. The maximum absolute atomic E-state index is 11.3. The Morgan fingerprint density at radius 2 is 1.93 bits per heavy atom. The number of rotatable bonds is 2. The molecule has 1 aromatic carbocycles. The van der Waals surface area contributed by atoms with Crippen LogP contribution in [0.5, 0.6) is 0 Å². The molecule has 2 nitrogen and oxygen atoms in total. The summed E-state index contributed by atoms with van der Waals surface area (Å²) in [7, 11) is 0. The van der Waals surface area contributed by atoms with Gasteiger partial charge in [-0.2, -0.15) is 0 Å². The lowest BCUT2D eigenvalue weighted by Crippen LogP contribution is -1.96. The van der Waals surface area contributed by atoms with Gasteiger partial charge in [-0.05, 0) is 25.0 Å². The first-order valence-corrected chi connectivity index (χ1v) is 4.90. The molecule has 1 fully saturated rings. The van der Waals surface area contributed by atoms with Gasteiger partial charge in [0.25, 0.3) is 0 Å². The lowest BCUT2D eigenvalue weighted by molar-refractivity contribution is -0.114. The molecule has 1 aromatic rings. The Labute approximate surface area is 83.6 Å². The van der Waals surface area contributed by atoms with Gasteiger partial charge in [-0.15, -0.1) is 0 Å². The summed E-state index contributed by atoms with van der Waals surface area (Å²) < 4.78 is 0. The van der Waals surface area contributed by atoms with Crippen molar-refractivity contribution in [3.63, 3.8) is 0 Å². The number of hydrogen-bond donors (Lipinski definition) is 1. The lowest BCUT2D eigenvalue weighted by atomic mass is 10.2. The number of benzene rings is 1. The number of carbonyl (C=O) groups excluding carboxylic acids is 1. The quantitative estimate of drug-likeness (QED) is 0.721. The van der Waals surface area contributed by atoms with Crippen molar-refractivity contribution in [1.82, 2.24) is 0 Å². The molecule has 1 saturated carbocycles. The van der Waals surface area contributed by atoms with Gasteiger partial charge in [0, 0.05) is 23.9 Å². The molecule has 2 rings (SSSR count). The number of para-hydroxylation sites is 1. The fraction of sp³-hybridized carbons (Fsp3) is 0.250. The van der Waals surface area contributed by atoms with Gasteiger partial charge in [-0.3, -0.25) is 4.79 Å². The second-order valence-corrected chi connectivity index (χ2v) is 3.46. The predicted octanol–water partition coefficient (Wildman–Crippen LogP) is 2.74. The summed E-state index contributed by atoms with van der Waals surface area (Å²) in [5.74, 6) is 0.286. The topological polar surface area (TPSA) is 29.1 Å². The van der Waals surface area contributed by atoms with E-state index in [0.717, 1.165) is 24.1 Å². The van der Waals surface area contributed by atoms with Gasteiger partial charge < -0.3 is 5.32 Å². The molecule has 72 valence electrons. The van der Waals surface area contributed by atoms with E-state index in [2.05, 4.69) is 5.32 Å². The number of Topliss-reactive ketones (excluding diaryl/α,β-unsaturated/α-hetero) is 1. The van der Waals surface area contributed by atoms with Crippen LogP contribution < -0.4 is 5.32 Å². The van der Waals surface area contributed by atoms with Gasteiger partial charge >= 0.3 is 0 Å². The van der Waals surface area contributed by atoms with E-state index < -0.39 is 0 Å². The zero-order valence-corrected chi connectivity index (χ0v) is 7.99. The van der Waals surface area contributed by atoms with Crippen LogP contribution in [0.3, 0.4) is 0 Å². The van der Waals surface area contributed by atoms with Crippen LogP contribution in [0, 0.1) is 0 Å². The molecule has 0 unspecified atom stereocenters. The summed E-state index contributed by atoms with van der Waals surface area (Å²) in [5, 5.41) is 3.13. The van der Waals surface area contributed by atoms with Crippen molar-refractivity contribution >= 4 is 11.5 Å². The maximum Gasteiger partial charge on any atom is 0.160 e. The van der Waals surface area contributed by atoms with Crippen molar-refractivity contribution in [2.45, 2.75) is 19.3 Å². The number of carbonyl (C=O) groups is 1. The van der Waals surface area contributed by atoms with E-state index in [1.54, 1.807) is 0 Å². The Kier molecular flexibility index (Phi) is 2.63. The molecular formula is C12H13NO. The highest BCUT2D eigenvalue weighted by atomic mass is 16.1. The van der Waals surface area contributed by atoms with Crippen molar-refractivity contribution in [2.75, 3.05) is 5.32 Å². The minimum absolute atomic E-state index is 0.286. The monoisotopic (exact) mass is 187 g/mol. The van der Waals surface area contributed by atoms with Gasteiger partial charge in [-0.1, -0.05) is 18.2 Å². The normalized spacial score (nSPS) is 18.9. The van der Waals surface area contributed by atoms with Crippen molar-refractivity contribution < 1.29 is 4.79 Å². The van der Waals surface area contributed by atoms with E-state index in [4.69, 9.17) is 0 Å². The van der Waals surface area contributed by atoms with Gasteiger partial charge in [0.05, 0.1) is 0 Å². The van der Waals surface area contributed by atoms with Crippen molar-refractivity contribution in [3.05, 3.63) is 42.1 Å². The molecule has 1 aliphatic rings. The van der Waals surface area contributed by atoms with E-state index in [1.165, 1.54) is 0 Å². The minimum atomic E-state index is 0.286. The third kappa shape index (κ3) is 2.02. The Morgan fingerprint density at radius 3 is 2.57 bits per heavy atom. The SMILES string of the molecule is O=C1CCCC1=CNc1ccccc1. The van der Waals surface area contributed by atoms with E-state index in [-0.39, 0.29) is 5.78 Å². The molecular weight excluding hydrogens is 174 g/mol. The van der Waals surface area contributed by atoms with Crippen LogP contribution >= 0.6 is 0 Å². The zero-order valence-electron chi connectivity index (χ0n) is 7.99. The van der Waals surface area contributed by atoms with Crippen molar-refractivity contribution in [1.29, 1.82) is 0 Å². The first-order chi connectivity index (χ1) is 6.86. The fourth-order valence-electron chi connectivity index (χ4n) is 1.60. The zero-order chi connectivity index (χ0) is 9.80. The summed E-state index contributed by atoms with van der Waals surface area (Å²) in [6.07, 6.45) is 4.47. The molecule has 1 N–H and O–H groups in total. The number of allylic oxidation sites excluding steroid dienone is 1. The predicted molar refractivity (Wildman–Crippen MR) is 57.0 cm³/mol. The third-order valence-electron chi connectivity index (χ3n) is 2.39. The molecule has 0 amide bonds. The Balaban J connectivity index is 2.03. The van der Waals surface area contributed by atoms with Crippen LogP contribution in [-0.2, 0) is 4.79 Å². The molecule has 0 aliphatic heterocycles. The Hall–Kier alpha value is -1.57. The highest BCUT2D eigenvalue weighted by molar-refractivity contribution is 5.97. The summed E-state index contributed by atoms with van der Waals surface area (Å²) in [6, 6.07) is 9.88. The number of hydrogen-bond acceptors (Lipinski definition) is 2. The second-order valence-electron chi connectivity index (χ2n) is 3.46. The lowest BCUT2D eigenvalue weighted by Gasteiger charge is -2.00. The minimum Gasteiger partial charge on any atom is -0.361 e. The van der Waals surface area contributed by atoms with E-state index in [0.29, 0.717) is 6.42 Å². The molecule has 0 saturated heterocycles. The average Bonchev–Trinajstić information content (AvgIpc) is 2.63. The van der Waals surface area contributed by atoms with Crippen LogP contribution in [0.2, 0.25) is 0 Å². The number of nitrogens with one attached hydrogen (secondary N) is 1. The van der Waals surface area contributed by atoms with Gasteiger partial charge in [0.2, 0.25) is 0 Å². The van der Waals surface area contributed by atoms with Crippen LogP contribution in [0.1, 0.15) is 19.3 Å². The highest BCUT2D eigenvalue weighted by Crippen LogP contribution is 2.20. The third-order valence-corrected chi connectivity index (χ3v) is 2.39. The first-order valence-electron chi connectivity index (χ1n) is 4.90. The van der Waals surface area contributed by atoms with E-state index in [9.17, 15) is 4.79 Å². The van der Waals surface area contributed by atoms with Gasteiger partial charge in [0.15, 0.2) is 5.78 Å². The second kappa shape index (κ2) is 4.09. The largest absolute Gasteiger partial charge is 0.361 e. The molecule has 0 heterocycles. The van der Waals surface area contributed by atoms with Crippen LogP contribution in [-0.4, -0.2) is 5.78 Å². The average molecular weight is 187 g/mol. The number of ketones is 1. The van der Waals surface area contributed by atoms with Crippen LogP contribution in [0.25, 0.3) is 0 Å². The molecule has 0 bridgehead atoms. The summed E-state index contributed by atoms with van der Waals surface area (Å²) >= 11 is 0. The van der Waals surface area contributed by atoms with Gasteiger partial charge in [0.1, 0.15) is 0 Å². The molecule has 2 heteroatoms.